The summed E-state index contributed by atoms with van der Waals surface area (Å²) in [5, 5.41) is 19.6. The number of aryl methyl sites for hydroxylation is 1. The third kappa shape index (κ3) is 5.81. The van der Waals surface area contributed by atoms with E-state index in [0.717, 1.165) is 4.90 Å². The van der Waals surface area contributed by atoms with Crippen molar-refractivity contribution < 1.29 is 33.8 Å². The Morgan fingerprint density at radius 1 is 1.13 bits per heavy atom. The highest BCUT2D eigenvalue weighted by atomic mass is 32.1. The molecule has 16 heteroatoms. The second-order valence-electron chi connectivity index (χ2n) is 10.1. The van der Waals surface area contributed by atoms with Gasteiger partial charge in [0.2, 0.25) is 11.4 Å². The van der Waals surface area contributed by atoms with Crippen molar-refractivity contribution in [3.63, 3.8) is 0 Å². The van der Waals surface area contributed by atoms with E-state index in [1.54, 1.807) is 0 Å². The Labute approximate surface area is 230 Å². The zero-order chi connectivity index (χ0) is 29.2. The second kappa shape index (κ2) is 11.8. The molecule has 1 aliphatic carbocycles. The smallest absolute Gasteiger partial charge is 0.342 e. The van der Waals surface area contributed by atoms with E-state index in [4.69, 9.17) is 33.5 Å². The molecule has 1 amide bonds. The van der Waals surface area contributed by atoms with E-state index in [1.807, 2.05) is 0 Å². The Hall–Kier alpha value is -3.37. The van der Waals surface area contributed by atoms with E-state index < -0.39 is 76.4 Å². The topological polar surface area (TPSA) is 217 Å². The highest BCUT2D eigenvalue weighted by molar-refractivity contribution is 7.80. The Morgan fingerprint density at radius 3 is 2.18 bits per heavy atom. The number of nitrogens with zero attached hydrogens (tertiary/aromatic N) is 6. The standard InChI is InChI=1S/C23H34N8O7S/c1-11(10-16(32)33)20(37)30-9-5-6-15(30)19(36)23(17(34)12(2)24,18(35)13(3)25)31(14-7-8-14)22(39)38-21-26-27-28-29(21)4/h11-15H,5-10,24-25H2,1-4H3,(H,32,33)/t11?,12-,13-,15-/m0/s1. The predicted molar refractivity (Wildman–Crippen MR) is 138 cm³/mol. The Balaban J connectivity index is 2.16. The lowest BCUT2D eigenvalue weighted by Crippen LogP contribution is -2.75. The average Bonchev–Trinajstić information content (AvgIpc) is 3.42. The summed E-state index contributed by atoms with van der Waals surface area (Å²) < 4.78 is 6.85. The van der Waals surface area contributed by atoms with Crippen molar-refractivity contribution in [2.24, 2.45) is 24.4 Å². The fraction of sp³-hybridized carbons (Fsp3) is 0.696. The number of rotatable bonds is 12. The lowest BCUT2D eigenvalue weighted by molar-refractivity contribution is -0.156. The van der Waals surface area contributed by atoms with Crippen molar-refractivity contribution in [3.8, 4) is 6.01 Å². The highest BCUT2D eigenvalue weighted by Crippen LogP contribution is 2.39. The third-order valence-corrected chi connectivity index (χ3v) is 7.15. The first kappa shape index (κ1) is 30.2. The number of aliphatic carboxylic acids is 1. The van der Waals surface area contributed by atoms with Crippen molar-refractivity contribution in [1.29, 1.82) is 0 Å². The maximum atomic E-state index is 14.6. The Kier molecular flexibility index (Phi) is 9.12. The number of carbonyl (C=O) groups excluding carboxylic acids is 4. The predicted octanol–water partition coefficient (Wildman–Crippen LogP) is -1.42. The molecular formula is C23H34N8O7S. The number of likely N-dealkylation sites (tertiary alicyclic amines) is 1. The van der Waals surface area contributed by atoms with Crippen LogP contribution in [0.3, 0.4) is 0 Å². The molecule has 0 bridgehead atoms. The molecule has 3 rings (SSSR count). The van der Waals surface area contributed by atoms with Gasteiger partial charge in [-0.05, 0) is 62.2 Å². The number of thiocarbonyl (C=S) groups is 1. The molecule has 1 aromatic rings. The van der Waals surface area contributed by atoms with Crippen molar-refractivity contribution in [1.82, 2.24) is 30.0 Å². The molecular weight excluding hydrogens is 532 g/mol. The van der Waals surface area contributed by atoms with Gasteiger partial charge in [-0.25, -0.2) is 0 Å². The Morgan fingerprint density at radius 2 is 1.72 bits per heavy atom. The van der Waals surface area contributed by atoms with Gasteiger partial charge in [-0.3, -0.25) is 24.0 Å². The normalized spacial score (nSPS) is 19.6. The van der Waals surface area contributed by atoms with Gasteiger partial charge in [-0.1, -0.05) is 12.0 Å². The van der Waals surface area contributed by atoms with Gasteiger partial charge in [0.1, 0.15) is 0 Å². The zero-order valence-electron chi connectivity index (χ0n) is 22.3. The molecule has 4 atom stereocenters. The highest BCUT2D eigenvalue weighted by Gasteiger charge is 2.64. The summed E-state index contributed by atoms with van der Waals surface area (Å²) in [6.07, 6.45) is 1.06. The summed E-state index contributed by atoms with van der Waals surface area (Å²) in [5.41, 5.74) is 9.45. The van der Waals surface area contributed by atoms with Gasteiger partial charge >= 0.3 is 12.0 Å². The molecule has 2 fully saturated rings. The van der Waals surface area contributed by atoms with Crippen LogP contribution in [0.4, 0.5) is 0 Å². The van der Waals surface area contributed by atoms with Gasteiger partial charge in [0, 0.05) is 25.6 Å². The summed E-state index contributed by atoms with van der Waals surface area (Å²) in [6, 6.07) is -4.50. The molecule has 214 valence electrons. The number of carbonyl (C=O) groups is 5. The van der Waals surface area contributed by atoms with Crippen LogP contribution in [0.2, 0.25) is 0 Å². The second-order valence-corrected chi connectivity index (χ2v) is 10.5. The van der Waals surface area contributed by atoms with Gasteiger partial charge in [0.05, 0.1) is 24.5 Å². The Bertz CT molecular complexity index is 1150. The number of ketones is 3. The van der Waals surface area contributed by atoms with Crippen molar-refractivity contribution in [2.75, 3.05) is 6.54 Å². The maximum Gasteiger partial charge on any atom is 0.342 e. The van der Waals surface area contributed by atoms with Crippen molar-refractivity contribution in [2.45, 2.75) is 82.6 Å². The summed E-state index contributed by atoms with van der Waals surface area (Å²) in [4.78, 5) is 69.5. The molecule has 0 aromatic carbocycles. The lowest BCUT2D eigenvalue weighted by atomic mass is 9.74. The van der Waals surface area contributed by atoms with E-state index in [2.05, 4.69) is 15.5 Å². The monoisotopic (exact) mass is 566 g/mol. The number of hydrogen-bond donors (Lipinski definition) is 3. The number of aromatic nitrogens is 4. The minimum absolute atomic E-state index is 0.142. The number of tetrazole rings is 1. The van der Waals surface area contributed by atoms with Gasteiger partial charge in [0.15, 0.2) is 17.3 Å². The summed E-state index contributed by atoms with van der Waals surface area (Å²) in [6.45, 7) is 4.26. The van der Waals surface area contributed by atoms with E-state index >= 15 is 0 Å². The number of ether oxygens (including phenoxy) is 1. The maximum absolute atomic E-state index is 14.6. The lowest BCUT2D eigenvalue weighted by Gasteiger charge is -2.44. The van der Waals surface area contributed by atoms with E-state index in [9.17, 15) is 24.0 Å². The minimum atomic E-state index is -2.60. The van der Waals surface area contributed by atoms with Crippen LogP contribution in [0.15, 0.2) is 0 Å². The van der Waals surface area contributed by atoms with Gasteiger partial charge < -0.3 is 31.1 Å². The average molecular weight is 567 g/mol. The molecule has 1 aliphatic heterocycles. The molecule has 1 aromatic heterocycles. The zero-order valence-corrected chi connectivity index (χ0v) is 23.1. The summed E-state index contributed by atoms with van der Waals surface area (Å²) in [5.74, 6) is -5.48. The van der Waals surface area contributed by atoms with Crippen LogP contribution in [0.25, 0.3) is 0 Å². The molecule has 0 radical (unpaired) electrons. The molecule has 1 saturated heterocycles. The number of amides is 1. The van der Waals surface area contributed by atoms with E-state index in [-0.39, 0.29) is 19.0 Å². The molecule has 0 spiro atoms. The first-order valence-electron chi connectivity index (χ1n) is 12.6. The van der Waals surface area contributed by atoms with Crippen molar-refractivity contribution in [3.05, 3.63) is 0 Å². The molecule has 2 heterocycles. The van der Waals surface area contributed by atoms with Crippen LogP contribution in [-0.2, 0) is 31.0 Å². The van der Waals surface area contributed by atoms with Crippen LogP contribution < -0.4 is 16.2 Å². The third-order valence-electron chi connectivity index (χ3n) is 6.87. The van der Waals surface area contributed by atoms with Crippen LogP contribution in [0, 0.1) is 5.92 Å². The number of carboxylic acids is 1. The number of Topliss-reactive ketones (excluding diaryl/α,β-unsaturated/α-hetero) is 3. The van der Waals surface area contributed by atoms with Crippen LogP contribution in [0.1, 0.15) is 52.9 Å². The van der Waals surface area contributed by atoms with Crippen LogP contribution in [-0.4, -0.2) is 106 Å². The SMILES string of the molecule is CC(CC(=O)O)C(=O)N1CCC[C@H]1C(=O)C(C(=O)[C@H](C)N)(C(=O)[C@H](C)N)N(C(=S)Oc1nnnn1C)C1CC1. The molecule has 2 aliphatic rings. The molecule has 5 N–H and O–H groups in total. The number of carboxylic acid groups (broad SMARTS) is 1. The van der Waals surface area contributed by atoms with Crippen LogP contribution >= 0.6 is 12.2 Å². The van der Waals surface area contributed by atoms with E-state index in [1.165, 1.54) is 37.4 Å². The summed E-state index contributed by atoms with van der Waals surface area (Å²) >= 11 is 5.53. The summed E-state index contributed by atoms with van der Waals surface area (Å²) in [7, 11) is 1.48. The molecule has 1 saturated carbocycles. The van der Waals surface area contributed by atoms with Crippen LogP contribution in [0.5, 0.6) is 6.01 Å². The fourth-order valence-corrected chi connectivity index (χ4v) is 5.24. The van der Waals surface area contributed by atoms with Crippen molar-refractivity contribution >= 4 is 46.6 Å². The fourth-order valence-electron chi connectivity index (χ4n) is 4.88. The van der Waals surface area contributed by atoms with E-state index in [0.29, 0.717) is 19.3 Å². The quantitative estimate of drug-likeness (QED) is 0.195. The van der Waals surface area contributed by atoms with Gasteiger partial charge in [-0.15, -0.1) is 0 Å². The first-order chi connectivity index (χ1) is 18.2. The molecule has 39 heavy (non-hydrogen) atoms. The number of hydrogen-bond acceptors (Lipinski definition) is 12. The minimum Gasteiger partial charge on any atom is -0.481 e. The first-order valence-corrected chi connectivity index (χ1v) is 13.1. The molecule has 1 unspecified atom stereocenters. The van der Waals surface area contributed by atoms with Gasteiger partial charge in [0.25, 0.3) is 5.17 Å². The number of nitrogens with two attached hydrogens (primary N) is 2. The molecule has 15 nitrogen and oxygen atoms in total. The largest absolute Gasteiger partial charge is 0.481 e. The van der Waals surface area contributed by atoms with Gasteiger partial charge in [-0.2, -0.15) is 4.68 Å².